The monoisotopic (exact) mass is 404 g/mol. The molecular formula is C21H28N2O4S. The Morgan fingerprint density at radius 2 is 1.64 bits per heavy atom. The third-order valence-corrected chi connectivity index (χ3v) is 5.86. The summed E-state index contributed by atoms with van der Waals surface area (Å²) in [6, 6.07) is 11.4. The summed E-state index contributed by atoms with van der Waals surface area (Å²) in [7, 11) is -2.28. The maximum Gasteiger partial charge on any atom is 0.262 e. The van der Waals surface area contributed by atoms with E-state index in [0.29, 0.717) is 35.7 Å². The van der Waals surface area contributed by atoms with E-state index >= 15 is 0 Å². The summed E-state index contributed by atoms with van der Waals surface area (Å²) < 4.78 is 33.5. The van der Waals surface area contributed by atoms with Crippen molar-refractivity contribution in [1.29, 1.82) is 0 Å². The first-order chi connectivity index (χ1) is 13.3. The van der Waals surface area contributed by atoms with Crippen LogP contribution in [-0.4, -0.2) is 39.4 Å². The number of amides is 1. The Hall–Kier alpha value is -2.54. The van der Waals surface area contributed by atoms with Gasteiger partial charge in [0.2, 0.25) is 0 Å². The lowest BCUT2D eigenvalue weighted by atomic mass is 10.1. The molecule has 2 rings (SSSR count). The number of carbonyl (C=O) groups is 1. The van der Waals surface area contributed by atoms with E-state index in [4.69, 9.17) is 4.74 Å². The highest BCUT2D eigenvalue weighted by atomic mass is 32.2. The zero-order valence-corrected chi connectivity index (χ0v) is 17.7. The van der Waals surface area contributed by atoms with Crippen LogP contribution in [0.4, 0.5) is 5.69 Å². The molecule has 0 fully saturated rings. The number of carbonyl (C=O) groups excluding carboxylic acids is 1. The molecule has 1 N–H and O–H groups in total. The molecule has 28 heavy (non-hydrogen) atoms. The quantitative estimate of drug-likeness (QED) is 0.684. The molecule has 0 spiro atoms. The molecule has 0 radical (unpaired) electrons. The Labute approximate surface area is 167 Å². The van der Waals surface area contributed by atoms with Gasteiger partial charge in [-0.1, -0.05) is 19.9 Å². The molecule has 0 aromatic heterocycles. The van der Waals surface area contributed by atoms with Gasteiger partial charge in [0.1, 0.15) is 5.75 Å². The fraction of sp³-hybridized carbons (Fsp3) is 0.381. The minimum Gasteiger partial charge on any atom is -0.497 e. The fourth-order valence-electron chi connectivity index (χ4n) is 2.93. The molecule has 0 aliphatic rings. The van der Waals surface area contributed by atoms with Gasteiger partial charge in [0, 0.05) is 24.3 Å². The minimum atomic E-state index is -3.83. The second-order valence-electron chi connectivity index (χ2n) is 6.61. The normalized spacial score (nSPS) is 11.1. The first-order valence-corrected chi connectivity index (χ1v) is 10.9. The van der Waals surface area contributed by atoms with Crippen molar-refractivity contribution in [1.82, 2.24) is 4.90 Å². The van der Waals surface area contributed by atoms with Crippen LogP contribution in [0.5, 0.6) is 5.75 Å². The van der Waals surface area contributed by atoms with Crippen molar-refractivity contribution in [3.63, 3.8) is 0 Å². The molecule has 0 aliphatic carbocycles. The van der Waals surface area contributed by atoms with Gasteiger partial charge in [-0.25, -0.2) is 8.42 Å². The van der Waals surface area contributed by atoms with E-state index < -0.39 is 10.0 Å². The zero-order valence-electron chi connectivity index (χ0n) is 16.9. The van der Waals surface area contributed by atoms with E-state index in [0.717, 1.165) is 12.8 Å². The summed E-state index contributed by atoms with van der Waals surface area (Å²) in [5.74, 6) is 0.489. The highest BCUT2D eigenvalue weighted by molar-refractivity contribution is 7.92. The smallest absolute Gasteiger partial charge is 0.262 e. The number of anilines is 1. The van der Waals surface area contributed by atoms with Crippen LogP contribution in [-0.2, 0) is 10.0 Å². The van der Waals surface area contributed by atoms with Crippen LogP contribution in [0.25, 0.3) is 0 Å². The number of methoxy groups -OCH3 is 1. The Kier molecular flexibility index (Phi) is 7.45. The average Bonchev–Trinajstić information content (AvgIpc) is 2.68. The van der Waals surface area contributed by atoms with Crippen molar-refractivity contribution >= 4 is 21.6 Å². The molecule has 0 unspecified atom stereocenters. The van der Waals surface area contributed by atoms with Gasteiger partial charge >= 0.3 is 0 Å². The Bertz CT molecular complexity index is 903. The summed E-state index contributed by atoms with van der Waals surface area (Å²) in [5.41, 5.74) is 1.38. The first-order valence-electron chi connectivity index (χ1n) is 9.39. The van der Waals surface area contributed by atoms with Crippen LogP contribution >= 0.6 is 0 Å². The topological polar surface area (TPSA) is 75.7 Å². The maximum absolute atomic E-state index is 12.9. The van der Waals surface area contributed by atoms with Gasteiger partial charge in [-0.05, 0) is 61.7 Å². The van der Waals surface area contributed by atoms with Crippen molar-refractivity contribution in [2.45, 2.75) is 38.5 Å². The van der Waals surface area contributed by atoms with Gasteiger partial charge in [0.25, 0.3) is 15.9 Å². The van der Waals surface area contributed by atoms with E-state index in [-0.39, 0.29) is 10.8 Å². The molecule has 152 valence electrons. The molecule has 0 saturated carbocycles. The summed E-state index contributed by atoms with van der Waals surface area (Å²) in [4.78, 5) is 14.7. The van der Waals surface area contributed by atoms with Crippen molar-refractivity contribution in [3.8, 4) is 5.75 Å². The summed E-state index contributed by atoms with van der Waals surface area (Å²) in [6.45, 7) is 7.03. The lowest BCUT2D eigenvalue weighted by molar-refractivity contribution is 0.0755. The predicted octanol–water partition coefficient (Wildman–Crippen LogP) is 4.07. The van der Waals surface area contributed by atoms with Crippen LogP contribution in [0.3, 0.4) is 0 Å². The van der Waals surface area contributed by atoms with Crippen LogP contribution in [0.2, 0.25) is 0 Å². The van der Waals surface area contributed by atoms with E-state index in [2.05, 4.69) is 4.72 Å². The Morgan fingerprint density at radius 3 is 2.18 bits per heavy atom. The van der Waals surface area contributed by atoms with Crippen LogP contribution in [0.15, 0.2) is 47.4 Å². The third-order valence-electron chi connectivity index (χ3n) is 4.34. The van der Waals surface area contributed by atoms with Crippen LogP contribution in [0, 0.1) is 6.92 Å². The molecule has 1 amide bonds. The highest BCUT2D eigenvalue weighted by Gasteiger charge is 2.21. The van der Waals surface area contributed by atoms with Crippen molar-refractivity contribution in [2.24, 2.45) is 0 Å². The SMILES string of the molecule is CCCN(CCC)C(=O)c1ccc(C)c(S(=O)(=O)Nc2ccc(OC)cc2)c1. The first kappa shape index (κ1) is 21.8. The van der Waals surface area contributed by atoms with Crippen molar-refractivity contribution in [3.05, 3.63) is 53.6 Å². The maximum atomic E-state index is 12.9. The van der Waals surface area contributed by atoms with E-state index in [1.807, 2.05) is 13.8 Å². The Balaban J connectivity index is 2.33. The second kappa shape index (κ2) is 9.59. The molecule has 2 aromatic carbocycles. The van der Waals surface area contributed by atoms with Crippen LogP contribution < -0.4 is 9.46 Å². The summed E-state index contributed by atoms with van der Waals surface area (Å²) >= 11 is 0. The molecule has 7 heteroatoms. The molecule has 6 nitrogen and oxygen atoms in total. The lowest BCUT2D eigenvalue weighted by Gasteiger charge is -2.22. The molecular weight excluding hydrogens is 376 g/mol. The molecule has 2 aromatic rings. The standard InChI is InChI=1S/C21H28N2O4S/c1-5-13-23(14-6-2)21(24)17-8-7-16(3)20(15-17)28(25,26)22-18-9-11-19(27-4)12-10-18/h7-12,15,22H,5-6,13-14H2,1-4H3. The number of hydrogen-bond donors (Lipinski definition) is 1. The van der Waals surface area contributed by atoms with Gasteiger partial charge in [-0.3, -0.25) is 9.52 Å². The number of nitrogens with zero attached hydrogens (tertiary/aromatic N) is 1. The van der Waals surface area contributed by atoms with E-state index in [1.165, 1.54) is 6.07 Å². The predicted molar refractivity (Wildman–Crippen MR) is 111 cm³/mol. The number of rotatable bonds is 9. The number of sulfonamides is 1. The number of nitrogens with one attached hydrogen (secondary N) is 1. The Morgan fingerprint density at radius 1 is 1.04 bits per heavy atom. The van der Waals surface area contributed by atoms with Gasteiger partial charge in [-0.2, -0.15) is 0 Å². The van der Waals surface area contributed by atoms with Gasteiger partial charge in [0.15, 0.2) is 0 Å². The fourth-order valence-corrected chi connectivity index (χ4v) is 4.26. The van der Waals surface area contributed by atoms with Gasteiger partial charge < -0.3 is 9.64 Å². The number of hydrogen-bond acceptors (Lipinski definition) is 4. The van der Waals surface area contributed by atoms with Crippen molar-refractivity contribution < 1.29 is 17.9 Å². The molecule has 0 saturated heterocycles. The third kappa shape index (κ3) is 5.25. The highest BCUT2D eigenvalue weighted by Crippen LogP contribution is 2.23. The van der Waals surface area contributed by atoms with Crippen molar-refractivity contribution in [2.75, 3.05) is 24.9 Å². The summed E-state index contributed by atoms with van der Waals surface area (Å²) in [6.07, 6.45) is 1.70. The molecule has 0 bridgehead atoms. The summed E-state index contributed by atoms with van der Waals surface area (Å²) in [5, 5.41) is 0. The van der Waals surface area contributed by atoms with Gasteiger partial charge in [-0.15, -0.1) is 0 Å². The van der Waals surface area contributed by atoms with Gasteiger partial charge in [0.05, 0.1) is 12.0 Å². The molecule has 0 atom stereocenters. The molecule has 0 heterocycles. The van der Waals surface area contributed by atoms with E-state index in [9.17, 15) is 13.2 Å². The zero-order chi connectivity index (χ0) is 20.7. The lowest BCUT2D eigenvalue weighted by Crippen LogP contribution is -2.32. The number of ether oxygens (including phenoxy) is 1. The van der Waals surface area contributed by atoms with E-state index in [1.54, 1.807) is 55.3 Å². The number of aryl methyl sites for hydroxylation is 1. The average molecular weight is 405 g/mol. The second-order valence-corrected chi connectivity index (χ2v) is 8.26. The van der Waals surface area contributed by atoms with Crippen LogP contribution in [0.1, 0.15) is 42.6 Å². The number of benzene rings is 2. The molecule has 0 aliphatic heterocycles. The largest absolute Gasteiger partial charge is 0.497 e. The minimum absolute atomic E-state index is 0.0992.